The normalized spacial score (nSPS) is 13.7. The molecule has 4 aromatic rings. The number of carbonyl (C=O) groups is 1. The van der Waals surface area contributed by atoms with Crippen molar-refractivity contribution in [1.82, 2.24) is 5.32 Å². The topological polar surface area (TPSA) is 66.5 Å². The van der Waals surface area contributed by atoms with E-state index in [9.17, 15) is 13.2 Å². The van der Waals surface area contributed by atoms with Gasteiger partial charge in [-0.2, -0.15) is 0 Å². The van der Waals surface area contributed by atoms with E-state index >= 15 is 0 Å². The Balaban J connectivity index is 1.51. The molecule has 0 spiro atoms. The van der Waals surface area contributed by atoms with Crippen LogP contribution in [-0.2, 0) is 29.4 Å². The second-order valence-electron chi connectivity index (χ2n) is 10.6. The smallest absolute Gasteiger partial charge is 0.264 e. The summed E-state index contributed by atoms with van der Waals surface area (Å²) in [6.07, 6.45) is 5.28. The average molecular weight is 587 g/mol. The van der Waals surface area contributed by atoms with Crippen molar-refractivity contribution >= 4 is 33.2 Å². The van der Waals surface area contributed by atoms with Gasteiger partial charge in [-0.05, 0) is 97.7 Å². The molecular formula is C34H35ClN2O3S. The highest BCUT2D eigenvalue weighted by Crippen LogP contribution is 2.31. The first-order valence-electron chi connectivity index (χ1n) is 14.1. The lowest BCUT2D eigenvalue weighted by molar-refractivity contribution is 0.0936. The minimum absolute atomic E-state index is 0.0414. The minimum Gasteiger partial charge on any atom is -0.345 e. The van der Waals surface area contributed by atoms with Gasteiger partial charge in [-0.15, -0.1) is 0 Å². The van der Waals surface area contributed by atoms with Crippen LogP contribution < -0.4 is 9.62 Å². The number of rotatable bonds is 9. The van der Waals surface area contributed by atoms with Crippen LogP contribution >= 0.6 is 11.6 Å². The first kappa shape index (κ1) is 28.9. The number of nitrogens with one attached hydrogen (secondary N) is 1. The van der Waals surface area contributed by atoms with Crippen LogP contribution in [0, 0.1) is 6.92 Å². The number of para-hydroxylation sites is 1. The average Bonchev–Trinajstić information content (AvgIpc) is 2.99. The molecule has 0 aliphatic heterocycles. The molecule has 0 fully saturated rings. The summed E-state index contributed by atoms with van der Waals surface area (Å²) in [5, 5.41) is 3.76. The summed E-state index contributed by atoms with van der Waals surface area (Å²) in [6.45, 7) is 4.00. The molecule has 0 aromatic heterocycles. The minimum atomic E-state index is -4.01. The number of aryl methyl sites for hydroxylation is 3. The second-order valence-corrected chi connectivity index (χ2v) is 12.9. The number of benzene rings is 4. The van der Waals surface area contributed by atoms with Crippen molar-refractivity contribution in [2.45, 2.75) is 63.4 Å². The molecule has 1 aliphatic carbocycles. The van der Waals surface area contributed by atoms with Crippen LogP contribution in [0.2, 0.25) is 5.02 Å². The molecule has 0 saturated heterocycles. The number of carbonyl (C=O) groups excluding carboxylic acids is 1. The number of amides is 1. The largest absolute Gasteiger partial charge is 0.345 e. The van der Waals surface area contributed by atoms with Gasteiger partial charge in [0.2, 0.25) is 0 Å². The Morgan fingerprint density at radius 2 is 1.59 bits per heavy atom. The summed E-state index contributed by atoms with van der Waals surface area (Å²) < 4.78 is 29.5. The molecule has 212 valence electrons. The highest BCUT2D eigenvalue weighted by atomic mass is 35.5. The summed E-state index contributed by atoms with van der Waals surface area (Å²) in [4.78, 5) is 14.0. The maximum atomic E-state index is 14.1. The lowest BCUT2D eigenvalue weighted by atomic mass is 9.88. The quantitative estimate of drug-likeness (QED) is 0.217. The Labute approximate surface area is 248 Å². The zero-order chi connectivity index (χ0) is 29.0. The number of fused-ring (bicyclic) bond motifs is 1. The molecule has 5 nitrogen and oxygen atoms in total. The Morgan fingerprint density at radius 3 is 2.29 bits per heavy atom. The van der Waals surface area contributed by atoms with Gasteiger partial charge in [0.15, 0.2) is 0 Å². The number of sulfonamides is 1. The van der Waals surface area contributed by atoms with Gasteiger partial charge in [-0.1, -0.05) is 78.7 Å². The van der Waals surface area contributed by atoms with Crippen LogP contribution in [-0.4, -0.2) is 14.3 Å². The molecule has 1 N–H and O–H groups in total. The Bertz CT molecular complexity index is 1630. The number of hydrogen-bond donors (Lipinski definition) is 1. The van der Waals surface area contributed by atoms with E-state index in [1.807, 2.05) is 13.8 Å². The fraction of sp³-hybridized carbons (Fsp3) is 0.265. The maximum absolute atomic E-state index is 14.1. The lowest BCUT2D eigenvalue weighted by Gasteiger charge is -2.27. The van der Waals surface area contributed by atoms with Crippen molar-refractivity contribution in [3.63, 3.8) is 0 Å². The number of halogens is 1. The molecule has 0 saturated carbocycles. The molecule has 1 atom stereocenters. The van der Waals surface area contributed by atoms with Gasteiger partial charge in [-0.25, -0.2) is 8.42 Å². The van der Waals surface area contributed by atoms with Gasteiger partial charge < -0.3 is 5.32 Å². The Hall–Kier alpha value is -3.61. The second kappa shape index (κ2) is 12.5. The van der Waals surface area contributed by atoms with Crippen LogP contribution in [0.25, 0.3) is 0 Å². The third-order valence-corrected chi connectivity index (χ3v) is 9.78. The summed E-state index contributed by atoms with van der Waals surface area (Å²) in [5.74, 6) is -0.314. The molecule has 0 unspecified atom stereocenters. The van der Waals surface area contributed by atoms with Crippen LogP contribution in [0.4, 0.5) is 5.69 Å². The standard InChI is InChI=1S/C34H35ClN2O3S/c1-3-32(28-17-16-26-8-4-5-9-27(26)22-28)36-34(38)31-10-6-7-11-33(31)37(23-25-14-18-29(35)19-15-25)41(39,40)30-20-12-24(2)13-21-30/h6-7,10-22,32H,3-5,8-9,23H2,1-2H3,(H,36,38)/t32-/m0/s1. The first-order chi connectivity index (χ1) is 19.8. The zero-order valence-electron chi connectivity index (χ0n) is 23.4. The van der Waals surface area contributed by atoms with Crippen molar-refractivity contribution in [2.24, 2.45) is 0 Å². The zero-order valence-corrected chi connectivity index (χ0v) is 25.0. The highest BCUT2D eigenvalue weighted by Gasteiger charge is 2.29. The molecule has 1 amide bonds. The predicted molar refractivity (Wildman–Crippen MR) is 166 cm³/mol. The summed E-state index contributed by atoms with van der Waals surface area (Å²) in [5.41, 5.74) is 6.16. The number of nitrogens with zero attached hydrogens (tertiary/aromatic N) is 1. The molecular weight excluding hydrogens is 552 g/mol. The van der Waals surface area contributed by atoms with Gasteiger partial charge in [0.25, 0.3) is 15.9 Å². The van der Waals surface area contributed by atoms with E-state index < -0.39 is 10.0 Å². The van der Waals surface area contributed by atoms with Crippen molar-refractivity contribution in [2.75, 3.05) is 4.31 Å². The van der Waals surface area contributed by atoms with E-state index in [4.69, 9.17) is 11.6 Å². The third-order valence-electron chi connectivity index (χ3n) is 7.75. The molecule has 4 aromatic carbocycles. The van der Waals surface area contributed by atoms with Gasteiger partial charge >= 0.3 is 0 Å². The van der Waals surface area contributed by atoms with Crippen LogP contribution in [0.3, 0.4) is 0 Å². The van der Waals surface area contributed by atoms with E-state index in [1.165, 1.54) is 28.3 Å². The molecule has 0 radical (unpaired) electrons. The van der Waals surface area contributed by atoms with Gasteiger partial charge in [0.1, 0.15) is 0 Å². The summed E-state index contributed by atoms with van der Waals surface area (Å²) in [7, 11) is -4.01. The van der Waals surface area contributed by atoms with Crippen molar-refractivity contribution in [3.8, 4) is 0 Å². The van der Waals surface area contributed by atoms with Crippen molar-refractivity contribution in [3.05, 3.63) is 129 Å². The number of hydrogen-bond acceptors (Lipinski definition) is 3. The fourth-order valence-corrected chi connectivity index (χ4v) is 7.00. The van der Waals surface area contributed by atoms with Gasteiger partial charge in [0.05, 0.1) is 28.7 Å². The third kappa shape index (κ3) is 6.50. The number of anilines is 1. The lowest BCUT2D eigenvalue weighted by Crippen LogP contribution is -2.34. The van der Waals surface area contributed by atoms with E-state index in [2.05, 4.69) is 23.5 Å². The van der Waals surface area contributed by atoms with E-state index in [0.29, 0.717) is 22.7 Å². The van der Waals surface area contributed by atoms with Gasteiger partial charge in [0, 0.05) is 5.02 Å². The molecule has 0 heterocycles. The molecule has 5 rings (SSSR count). The highest BCUT2D eigenvalue weighted by molar-refractivity contribution is 7.92. The summed E-state index contributed by atoms with van der Waals surface area (Å²) in [6, 6.07) is 27.0. The Morgan fingerprint density at radius 1 is 0.902 bits per heavy atom. The van der Waals surface area contributed by atoms with E-state index in [1.54, 1.807) is 72.8 Å². The molecule has 1 aliphatic rings. The molecule has 0 bridgehead atoms. The van der Waals surface area contributed by atoms with Crippen LogP contribution in [0.5, 0.6) is 0 Å². The van der Waals surface area contributed by atoms with Gasteiger partial charge in [-0.3, -0.25) is 9.10 Å². The fourth-order valence-electron chi connectivity index (χ4n) is 5.40. The van der Waals surface area contributed by atoms with Crippen molar-refractivity contribution in [1.29, 1.82) is 0 Å². The first-order valence-corrected chi connectivity index (χ1v) is 15.9. The Kier molecular flexibility index (Phi) is 8.81. The monoisotopic (exact) mass is 586 g/mol. The predicted octanol–water partition coefficient (Wildman–Crippen LogP) is 7.80. The molecule has 7 heteroatoms. The van der Waals surface area contributed by atoms with E-state index in [-0.39, 0.29) is 23.4 Å². The SMILES string of the molecule is CC[C@H](NC(=O)c1ccccc1N(Cc1ccc(Cl)cc1)S(=O)(=O)c1ccc(C)cc1)c1ccc2c(c1)CCCC2. The molecule has 41 heavy (non-hydrogen) atoms. The summed E-state index contributed by atoms with van der Waals surface area (Å²) >= 11 is 6.10. The van der Waals surface area contributed by atoms with Crippen LogP contribution in [0.15, 0.2) is 95.9 Å². The van der Waals surface area contributed by atoms with Crippen molar-refractivity contribution < 1.29 is 13.2 Å². The van der Waals surface area contributed by atoms with E-state index in [0.717, 1.165) is 29.5 Å². The maximum Gasteiger partial charge on any atom is 0.264 e. The van der Waals surface area contributed by atoms with Crippen LogP contribution in [0.1, 0.15) is 70.4 Å².